The second kappa shape index (κ2) is 5.57. The van der Waals surface area contributed by atoms with E-state index in [2.05, 4.69) is 4.98 Å². The van der Waals surface area contributed by atoms with E-state index in [1.54, 1.807) is 18.3 Å². The Kier molecular flexibility index (Phi) is 4.78. The second-order valence-corrected chi connectivity index (χ2v) is 5.25. The number of rotatable bonds is 4. The molecule has 0 saturated heterocycles. The van der Waals surface area contributed by atoms with Crippen molar-refractivity contribution in [1.29, 1.82) is 0 Å². The number of halogens is 2. The first-order valence-electron chi connectivity index (χ1n) is 5.74. The SMILES string of the molecule is CC(=O)C(C)(F)[C@H](c1ccnc(Cl)c1)C1CC1.S. The molecule has 1 aliphatic rings. The molecule has 1 heterocycles. The maximum Gasteiger partial charge on any atom is 0.172 e. The average molecular weight is 290 g/mol. The summed E-state index contributed by atoms with van der Waals surface area (Å²) >= 11 is 5.83. The molecule has 1 saturated carbocycles. The summed E-state index contributed by atoms with van der Waals surface area (Å²) < 4.78 is 14.6. The quantitative estimate of drug-likeness (QED) is 0.792. The Bertz CT molecular complexity index is 448. The van der Waals surface area contributed by atoms with Crippen LogP contribution in [0.5, 0.6) is 0 Å². The van der Waals surface area contributed by atoms with Gasteiger partial charge >= 0.3 is 0 Å². The zero-order chi connectivity index (χ0) is 12.6. The molecule has 0 spiro atoms. The fourth-order valence-corrected chi connectivity index (χ4v) is 2.47. The van der Waals surface area contributed by atoms with E-state index < -0.39 is 17.4 Å². The molecule has 1 aromatic heterocycles. The number of carbonyl (C=O) groups excluding carboxylic acids is 1. The maximum atomic E-state index is 14.6. The van der Waals surface area contributed by atoms with Gasteiger partial charge in [-0.3, -0.25) is 4.79 Å². The number of alkyl halides is 1. The normalized spacial score (nSPS) is 19.6. The van der Waals surface area contributed by atoms with Gasteiger partial charge in [0.15, 0.2) is 11.5 Å². The first kappa shape index (κ1) is 15.4. The molecule has 18 heavy (non-hydrogen) atoms. The van der Waals surface area contributed by atoms with E-state index in [-0.39, 0.29) is 19.4 Å². The van der Waals surface area contributed by atoms with Crippen molar-refractivity contribution >= 4 is 30.9 Å². The van der Waals surface area contributed by atoms with Gasteiger partial charge < -0.3 is 0 Å². The Morgan fingerprint density at radius 3 is 2.67 bits per heavy atom. The van der Waals surface area contributed by atoms with Crippen molar-refractivity contribution < 1.29 is 9.18 Å². The molecule has 2 atom stereocenters. The predicted molar refractivity (Wildman–Crippen MR) is 75.3 cm³/mol. The number of Topliss-reactive ketones (excluding diaryl/α,β-unsaturated/α-hetero) is 1. The molecule has 0 radical (unpaired) electrons. The van der Waals surface area contributed by atoms with Gasteiger partial charge in [0.2, 0.25) is 0 Å². The molecule has 0 aliphatic heterocycles. The minimum Gasteiger partial charge on any atom is -0.296 e. The molecule has 1 fully saturated rings. The van der Waals surface area contributed by atoms with E-state index in [0.29, 0.717) is 5.15 Å². The molecule has 2 rings (SSSR count). The average Bonchev–Trinajstić information content (AvgIpc) is 3.01. The van der Waals surface area contributed by atoms with Gasteiger partial charge in [-0.25, -0.2) is 9.37 Å². The molecule has 1 aliphatic carbocycles. The van der Waals surface area contributed by atoms with Crippen LogP contribution in [0.15, 0.2) is 18.3 Å². The third-order valence-corrected chi connectivity index (χ3v) is 3.68. The molecule has 0 bridgehead atoms. The van der Waals surface area contributed by atoms with Crippen LogP contribution in [-0.4, -0.2) is 16.4 Å². The summed E-state index contributed by atoms with van der Waals surface area (Å²) in [6.45, 7) is 2.67. The third kappa shape index (κ3) is 3.04. The van der Waals surface area contributed by atoms with Crippen molar-refractivity contribution in [3.8, 4) is 0 Å². The van der Waals surface area contributed by atoms with Gasteiger partial charge in [0.05, 0.1) is 0 Å². The third-order valence-electron chi connectivity index (χ3n) is 3.48. The summed E-state index contributed by atoms with van der Waals surface area (Å²) in [4.78, 5) is 15.4. The Morgan fingerprint density at radius 1 is 1.61 bits per heavy atom. The Hall–Kier alpha value is -0.610. The Balaban J connectivity index is 0.00000162. The van der Waals surface area contributed by atoms with Crippen LogP contribution in [0.25, 0.3) is 0 Å². The molecule has 0 N–H and O–H groups in total. The van der Waals surface area contributed by atoms with Crippen LogP contribution in [0.3, 0.4) is 0 Å². The molecule has 5 heteroatoms. The van der Waals surface area contributed by atoms with Crippen LogP contribution >= 0.6 is 25.1 Å². The number of ketones is 1. The highest BCUT2D eigenvalue weighted by atomic mass is 35.5. The summed E-state index contributed by atoms with van der Waals surface area (Å²) in [5.41, 5.74) is -1.06. The van der Waals surface area contributed by atoms with Crippen LogP contribution in [0.4, 0.5) is 4.39 Å². The fraction of sp³-hybridized carbons (Fsp3) is 0.538. The monoisotopic (exact) mass is 289 g/mol. The van der Waals surface area contributed by atoms with Crippen LogP contribution in [-0.2, 0) is 4.79 Å². The van der Waals surface area contributed by atoms with E-state index in [1.807, 2.05) is 0 Å². The lowest BCUT2D eigenvalue weighted by atomic mass is 9.79. The largest absolute Gasteiger partial charge is 0.296 e. The molecular formula is C13H17ClFNOS. The van der Waals surface area contributed by atoms with Crippen molar-refractivity contribution in [2.75, 3.05) is 0 Å². The molecule has 2 nitrogen and oxygen atoms in total. The van der Waals surface area contributed by atoms with Crippen molar-refractivity contribution in [2.24, 2.45) is 5.92 Å². The minimum atomic E-state index is -1.83. The summed E-state index contributed by atoms with van der Waals surface area (Å²) in [5.74, 6) is -0.588. The number of hydrogen-bond donors (Lipinski definition) is 0. The highest BCUT2D eigenvalue weighted by molar-refractivity contribution is 7.59. The van der Waals surface area contributed by atoms with E-state index in [1.165, 1.54) is 13.8 Å². The van der Waals surface area contributed by atoms with Gasteiger partial charge in [0, 0.05) is 12.1 Å². The van der Waals surface area contributed by atoms with Crippen LogP contribution < -0.4 is 0 Å². The number of nitrogens with zero attached hydrogens (tertiary/aromatic N) is 1. The van der Waals surface area contributed by atoms with E-state index in [9.17, 15) is 9.18 Å². The highest BCUT2D eigenvalue weighted by Gasteiger charge is 2.48. The van der Waals surface area contributed by atoms with E-state index >= 15 is 0 Å². The van der Waals surface area contributed by atoms with Gasteiger partial charge in [-0.05, 0) is 50.3 Å². The predicted octanol–water partition coefficient (Wildman–Crippen LogP) is 3.66. The first-order chi connectivity index (χ1) is 7.93. The number of carbonyl (C=O) groups is 1. The topological polar surface area (TPSA) is 30.0 Å². The van der Waals surface area contributed by atoms with Crippen LogP contribution in [0.1, 0.15) is 38.2 Å². The number of hydrogen-bond acceptors (Lipinski definition) is 2. The van der Waals surface area contributed by atoms with Gasteiger partial charge in [-0.2, -0.15) is 13.5 Å². The second-order valence-electron chi connectivity index (χ2n) is 4.86. The molecule has 0 amide bonds. The summed E-state index contributed by atoms with van der Waals surface area (Å²) in [6, 6.07) is 3.40. The lowest BCUT2D eigenvalue weighted by Gasteiger charge is -2.28. The van der Waals surface area contributed by atoms with Gasteiger partial charge in [-0.1, -0.05) is 11.6 Å². The smallest absolute Gasteiger partial charge is 0.172 e. The fourth-order valence-electron chi connectivity index (χ4n) is 2.29. The Morgan fingerprint density at radius 2 is 2.22 bits per heavy atom. The molecule has 1 unspecified atom stereocenters. The summed E-state index contributed by atoms with van der Waals surface area (Å²) in [5, 5.41) is 0.340. The lowest BCUT2D eigenvalue weighted by molar-refractivity contribution is -0.129. The van der Waals surface area contributed by atoms with Crippen molar-refractivity contribution in [1.82, 2.24) is 4.98 Å². The molecule has 1 aromatic rings. The summed E-state index contributed by atoms with van der Waals surface area (Å²) in [7, 11) is 0. The van der Waals surface area contributed by atoms with Crippen molar-refractivity contribution in [3.63, 3.8) is 0 Å². The number of aromatic nitrogens is 1. The standard InChI is InChI=1S/C13H15ClFNO.H2S/c1-8(17)13(2,15)12(9-3-4-9)10-5-6-16-11(14)7-10;/h5-7,9,12H,3-4H2,1-2H3;1H2/t12-,13?;/m0./s1. The van der Waals surface area contributed by atoms with Crippen LogP contribution in [0, 0.1) is 5.92 Å². The van der Waals surface area contributed by atoms with Gasteiger partial charge in [0.1, 0.15) is 5.15 Å². The molecular weight excluding hydrogens is 273 g/mol. The number of pyridine rings is 1. The van der Waals surface area contributed by atoms with E-state index in [4.69, 9.17) is 11.6 Å². The van der Waals surface area contributed by atoms with Gasteiger partial charge in [0.25, 0.3) is 0 Å². The first-order valence-corrected chi connectivity index (χ1v) is 6.12. The van der Waals surface area contributed by atoms with Gasteiger partial charge in [-0.15, -0.1) is 0 Å². The highest BCUT2D eigenvalue weighted by Crippen LogP contribution is 2.50. The Labute approximate surface area is 118 Å². The van der Waals surface area contributed by atoms with Crippen LogP contribution in [0.2, 0.25) is 5.15 Å². The molecule has 100 valence electrons. The maximum absolute atomic E-state index is 14.6. The minimum absolute atomic E-state index is 0. The van der Waals surface area contributed by atoms with Crippen molar-refractivity contribution in [3.05, 3.63) is 29.0 Å². The van der Waals surface area contributed by atoms with Crippen molar-refractivity contribution in [2.45, 2.75) is 38.3 Å². The molecule has 0 aromatic carbocycles. The lowest BCUT2D eigenvalue weighted by Crippen LogP contribution is -2.36. The zero-order valence-corrected chi connectivity index (χ0v) is 12.2. The van der Waals surface area contributed by atoms with E-state index in [0.717, 1.165) is 18.4 Å². The zero-order valence-electron chi connectivity index (χ0n) is 10.4. The summed E-state index contributed by atoms with van der Waals surface area (Å²) in [6.07, 6.45) is 3.50.